The van der Waals surface area contributed by atoms with Crippen molar-refractivity contribution < 1.29 is 13.6 Å². The Balaban J connectivity index is 1.70. The van der Waals surface area contributed by atoms with Gasteiger partial charge in [-0.2, -0.15) is 0 Å². The maximum absolute atomic E-state index is 13.3. The maximum Gasteiger partial charge on any atom is 0.255 e. The van der Waals surface area contributed by atoms with Crippen LogP contribution in [0.3, 0.4) is 0 Å². The van der Waals surface area contributed by atoms with Gasteiger partial charge in [-0.3, -0.25) is 4.79 Å². The summed E-state index contributed by atoms with van der Waals surface area (Å²) in [6, 6.07) is 9.09. The number of amides is 1. The summed E-state index contributed by atoms with van der Waals surface area (Å²) in [5.74, 6) is -1.81. The first-order chi connectivity index (χ1) is 12.9. The molecule has 0 aliphatic carbocycles. The standard InChI is InChI=1S/C18H13Br2F2N3OS/c19-11-6-13(17(23-8-11)24-9-12-2-4-16(20)27-12)18(26)25-7-10-1-3-14(21)15(22)5-10/h1-6,8H,7,9H2,(H,23,24)(H,25,26). The summed E-state index contributed by atoms with van der Waals surface area (Å²) in [6.07, 6.45) is 1.60. The molecule has 0 atom stereocenters. The number of hydrogen-bond donors (Lipinski definition) is 2. The van der Waals surface area contributed by atoms with E-state index in [-0.39, 0.29) is 12.5 Å². The van der Waals surface area contributed by atoms with E-state index in [4.69, 9.17) is 0 Å². The van der Waals surface area contributed by atoms with E-state index in [1.807, 2.05) is 12.1 Å². The van der Waals surface area contributed by atoms with Crippen LogP contribution in [0.25, 0.3) is 0 Å². The number of rotatable bonds is 6. The van der Waals surface area contributed by atoms with Crippen LogP contribution in [0.5, 0.6) is 0 Å². The average molecular weight is 517 g/mol. The third kappa shape index (κ3) is 5.33. The molecular formula is C18H13Br2F2N3OS. The first kappa shape index (κ1) is 19.9. The zero-order valence-corrected chi connectivity index (χ0v) is 17.7. The second kappa shape index (κ2) is 8.90. The van der Waals surface area contributed by atoms with Crippen molar-refractivity contribution in [2.24, 2.45) is 0 Å². The number of nitrogens with one attached hydrogen (secondary N) is 2. The monoisotopic (exact) mass is 515 g/mol. The summed E-state index contributed by atoms with van der Waals surface area (Å²) >= 11 is 8.31. The van der Waals surface area contributed by atoms with Gasteiger partial charge in [0.05, 0.1) is 15.9 Å². The molecule has 0 aliphatic heterocycles. The summed E-state index contributed by atoms with van der Waals surface area (Å²) < 4.78 is 28.0. The molecule has 0 fully saturated rings. The second-order valence-corrected chi connectivity index (χ2v) is 9.00. The molecule has 2 heterocycles. The molecule has 3 rings (SSSR count). The molecule has 4 nitrogen and oxygen atoms in total. The minimum Gasteiger partial charge on any atom is -0.365 e. The van der Waals surface area contributed by atoms with Crippen molar-refractivity contribution in [3.63, 3.8) is 0 Å². The van der Waals surface area contributed by atoms with Gasteiger partial charge in [0.15, 0.2) is 11.6 Å². The molecule has 0 radical (unpaired) electrons. The number of thiophene rings is 1. The highest BCUT2D eigenvalue weighted by Gasteiger charge is 2.14. The highest BCUT2D eigenvalue weighted by molar-refractivity contribution is 9.11. The highest BCUT2D eigenvalue weighted by atomic mass is 79.9. The van der Waals surface area contributed by atoms with Gasteiger partial charge in [-0.25, -0.2) is 13.8 Å². The molecule has 0 saturated carbocycles. The van der Waals surface area contributed by atoms with Crippen molar-refractivity contribution in [3.8, 4) is 0 Å². The Morgan fingerprint density at radius 3 is 2.59 bits per heavy atom. The van der Waals surface area contributed by atoms with Crippen LogP contribution in [-0.2, 0) is 13.1 Å². The molecule has 0 spiro atoms. The van der Waals surface area contributed by atoms with Crippen molar-refractivity contribution in [1.82, 2.24) is 10.3 Å². The Kier molecular flexibility index (Phi) is 6.56. The smallest absolute Gasteiger partial charge is 0.255 e. The molecule has 1 aromatic carbocycles. The van der Waals surface area contributed by atoms with E-state index >= 15 is 0 Å². The Hall–Kier alpha value is -1.84. The molecule has 140 valence electrons. The van der Waals surface area contributed by atoms with E-state index in [9.17, 15) is 13.6 Å². The van der Waals surface area contributed by atoms with Gasteiger partial charge in [0.25, 0.3) is 5.91 Å². The fourth-order valence-electron chi connectivity index (χ4n) is 2.30. The van der Waals surface area contributed by atoms with Gasteiger partial charge in [0.2, 0.25) is 0 Å². The predicted octanol–water partition coefficient (Wildman–Crippen LogP) is 5.49. The number of anilines is 1. The topological polar surface area (TPSA) is 54.0 Å². The van der Waals surface area contributed by atoms with Gasteiger partial charge < -0.3 is 10.6 Å². The molecule has 2 aromatic heterocycles. The number of carbonyl (C=O) groups is 1. The van der Waals surface area contributed by atoms with Crippen LogP contribution in [-0.4, -0.2) is 10.9 Å². The van der Waals surface area contributed by atoms with Crippen LogP contribution in [0.1, 0.15) is 20.8 Å². The van der Waals surface area contributed by atoms with Crippen molar-refractivity contribution in [2.75, 3.05) is 5.32 Å². The SMILES string of the molecule is O=C(NCc1ccc(F)c(F)c1)c1cc(Br)cnc1NCc1ccc(Br)s1. The summed E-state index contributed by atoms with van der Waals surface area (Å²) in [6.45, 7) is 0.591. The van der Waals surface area contributed by atoms with Gasteiger partial charge in [-0.1, -0.05) is 6.07 Å². The molecule has 9 heteroatoms. The van der Waals surface area contributed by atoms with E-state index < -0.39 is 11.6 Å². The minimum atomic E-state index is -0.949. The quantitative estimate of drug-likeness (QED) is 0.455. The largest absolute Gasteiger partial charge is 0.365 e. The lowest BCUT2D eigenvalue weighted by molar-refractivity contribution is 0.0951. The van der Waals surface area contributed by atoms with Crippen molar-refractivity contribution in [2.45, 2.75) is 13.1 Å². The molecule has 0 aliphatic rings. The van der Waals surface area contributed by atoms with E-state index in [2.05, 4.69) is 47.5 Å². The van der Waals surface area contributed by atoms with Crippen LogP contribution >= 0.6 is 43.2 Å². The average Bonchev–Trinajstić information content (AvgIpc) is 3.06. The Morgan fingerprint density at radius 1 is 1.07 bits per heavy atom. The number of nitrogens with zero attached hydrogens (tertiary/aromatic N) is 1. The number of carbonyl (C=O) groups excluding carboxylic acids is 1. The first-order valence-electron chi connectivity index (χ1n) is 7.78. The van der Waals surface area contributed by atoms with Gasteiger partial charge in [0, 0.05) is 22.1 Å². The fraction of sp³-hybridized carbons (Fsp3) is 0.111. The molecule has 0 bridgehead atoms. The van der Waals surface area contributed by atoms with Crippen LogP contribution in [0, 0.1) is 11.6 Å². The molecule has 0 unspecified atom stereocenters. The van der Waals surface area contributed by atoms with Crippen LogP contribution in [0.4, 0.5) is 14.6 Å². The van der Waals surface area contributed by atoms with Crippen LogP contribution in [0.15, 0.2) is 50.9 Å². The third-order valence-corrected chi connectivity index (χ3v) is 5.65. The van der Waals surface area contributed by atoms with Crippen molar-refractivity contribution in [3.05, 3.63) is 78.5 Å². The third-order valence-electron chi connectivity index (χ3n) is 3.59. The zero-order chi connectivity index (χ0) is 19.4. The fourth-order valence-corrected chi connectivity index (χ4v) is 4.05. The molecule has 1 amide bonds. The predicted molar refractivity (Wildman–Crippen MR) is 109 cm³/mol. The normalized spacial score (nSPS) is 10.7. The number of halogens is 4. The Bertz CT molecular complexity index is 981. The lowest BCUT2D eigenvalue weighted by Gasteiger charge is -2.11. The summed E-state index contributed by atoms with van der Waals surface area (Å²) in [5, 5.41) is 5.85. The van der Waals surface area contributed by atoms with Gasteiger partial charge >= 0.3 is 0 Å². The van der Waals surface area contributed by atoms with Gasteiger partial charge in [-0.15, -0.1) is 11.3 Å². The highest BCUT2D eigenvalue weighted by Crippen LogP contribution is 2.24. The zero-order valence-electron chi connectivity index (χ0n) is 13.7. The second-order valence-electron chi connectivity index (χ2n) is 5.54. The van der Waals surface area contributed by atoms with Gasteiger partial charge in [-0.05, 0) is 67.8 Å². The Labute approximate surface area is 175 Å². The summed E-state index contributed by atoms with van der Waals surface area (Å²) in [7, 11) is 0. The van der Waals surface area contributed by atoms with E-state index in [0.29, 0.717) is 28.0 Å². The molecule has 27 heavy (non-hydrogen) atoms. The molecule has 2 N–H and O–H groups in total. The molecular weight excluding hydrogens is 504 g/mol. The van der Waals surface area contributed by atoms with Crippen LogP contribution < -0.4 is 10.6 Å². The van der Waals surface area contributed by atoms with Crippen LogP contribution in [0.2, 0.25) is 0 Å². The minimum absolute atomic E-state index is 0.0693. The van der Waals surface area contributed by atoms with Crippen molar-refractivity contribution in [1.29, 1.82) is 0 Å². The number of pyridine rings is 1. The molecule has 3 aromatic rings. The lowest BCUT2D eigenvalue weighted by Crippen LogP contribution is -2.24. The maximum atomic E-state index is 13.3. The first-order valence-corrected chi connectivity index (χ1v) is 10.2. The van der Waals surface area contributed by atoms with E-state index in [0.717, 1.165) is 20.8 Å². The lowest BCUT2D eigenvalue weighted by atomic mass is 10.2. The molecule has 0 saturated heterocycles. The Morgan fingerprint density at radius 2 is 1.89 bits per heavy atom. The van der Waals surface area contributed by atoms with Crippen molar-refractivity contribution >= 4 is 54.9 Å². The van der Waals surface area contributed by atoms with E-state index in [1.54, 1.807) is 23.6 Å². The van der Waals surface area contributed by atoms with Gasteiger partial charge in [0.1, 0.15) is 5.82 Å². The summed E-state index contributed by atoms with van der Waals surface area (Å²) in [5.41, 5.74) is 0.811. The van der Waals surface area contributed by atoms with E-state index in [1.165, 1.54) is 6.07 Å². The number of hydrogen-bond acceptors (Lipinski definition) is 4. The summed E-state index contributed by atoms with van der Waals surface area (Å²) in [4.78, 5) is 17.9. The number of aromatic nitrogens is 1. The number of benzene rings is 1.